The van der Waals surface area contributed by atoms with Crippen molar-refractivity contribution in [3.8, 4) is 0 Å². The zero-order valence-corrected chi connectivity index (χ0v) is 16.1. The number of aryl methyl sites for hydroxylation is 1. The molecule has 1 N–H and O–H groups in total. The van der Waals surface area contributed by atoms with Crippen LogP contribution in [0.1, 0.15) is 33.5 Å². The number of rotatable bonds is 6. The third-order valence-electron chi connectivity index (χ3n) is 5.05. The number of benzene rings is 2. The van der Waals surface area contributed by atoms with Gasteiger partial charge in [0.15, 0.2) is 0 Å². The number of nitrogens with zero attached hydrogens (tertiary/aromatic N) is 2. The zero-order valence-electron chi connectivity index (χ0n) is 16.1. The van der Waals surface area contributed by atoms with E-state index in [1.165, 1.54) is 17.7 Å². The fraction of sp³-hybridized carbons (Fsp3) is 0.318. The molecule has 1 saturated heterocycles. The highest BCUT2D eigenvalue weighted by atomic mass is 16.4. The quantitative estimate of drug-likeness (QED) is 0.836. The molecule has 146 valence electrons. The van der Waals surface area contributed by atoms with E-state index in [0.717, 1.165) is 11.1 Å². The van der Waals surface area contributed by atoms with Crippen LogP contribution in [0.3, 0.4) is 0 Å². The van der Waals surface area contributed by atoms with E-state index in [0.29, 0.717) is 19.6 Å². The largest absolute Gasteiger partial charge is 0.478 e. The lowest BCUT2D eigenvalue weighted by atomic mass is 10.1. The molecule has 1 aliphatic heterocycles. The molecule has 2 aromatic carbocycles. The lowest BCUT2D eigenvalue weighted by Crippen LogP contribution is -2.34. The van der Waals surface area contributed by atoms with E-state index in [9.17, 15) is 14.4 Å². The maximum atomic E-state index is 12.8. The summed E-state index contributed by atoms with van der Waals surface area (Å²) in [4.78, 5) is 39.4. The van der Waals surface area contributed by atoms with Crippen molar-refractivity contribution < 1.29 is 19.5 Å². The minimum absolute atomic E-state index is 0.00173. The molecule has 1 heterocycles. The summed E-state index contributed by atoms with van der Waals surface area (Å²) in [6.45, 7) is 3.34. The normalized spacial score (nSPS) is 16.3. The summed E-state index contributed by atoms with van der Waals surface area (Å²) in [6, 6.07) is 14.5. The minimum atomic E-state index is -0.978. The van der Waals surface area contributed by atoms with Crippen LogP contribution in [0, 0.1) is 12.8 Å². The fourth-order valence-electron chi connectivity index (χ4n) is 3.42. The van der Waals surface area contributed by atoms with Gasteiger partial charge in [-0.3, -0.25) is 9.59 Å². The SMILES string of the molecule is Cc1ccc(CN2CC(C(=O)N(C)Cc3ccc(C(=O)O)cc3)CC2=O)cc1. The molecule has 2 aromatic rings. The molecule has 2 amide bonds. The first-order valence-electron chi connectivity index (χ1n) is 9.24. The van der Waals surface area contributed by atoms with Crippen molar-refractivity contribution >= 4 is 17.8 Å². The average Bonchev–Trinajstić information content (AvgIpc) is 3.03. The highest BCUT2D eigenvalue weighted by molar-refractivity contribution is 5.89. The van der Waals surface area contributed by atoms with Gasteiger partial charge in [0.05, 0.1) is 11.5 Å². The van der Waals surface area contributed by atoms with E-state index in [1.807, 2.05) is 31.2 Å². The van der Waals surface area contributed by atoms with Crippen LogP contribution in [-0.2, 0) is 22.7 Å². The molecule has 3 rings (SSSR count). The Balaban J connectivity index is 1.58. The number of aromatic carboxylic acids is 1. The van der Waals surface area contributed by atoms with Gasteiger partial charge in [0.2, 0.25) is 11.8 Å². The number of likely N-dealkylation sites (tertiary alicyclic amines) is 1. The van der Waals surface area contributed by atoms with Gasteiger partial charge in [-0.2, -0.15) is 0 Å². The van der Waals surface area contributed by atoms with Gasteiger partial charge < -0.3 is 14.9 Å². The maximum absolute atomic E-state index is 12.8. The first-order chi connectivity index (χ1) is 13.3. The molecule has 0 saturated carbocycles. The molecule has 1 atom stereocenters. The molecular weight excluding hydrogens is 356 g/mol. The third-order valence-corrected chi connectivity index (χ3v) is 5.05. The van der Waals surface area contributed by atoms with Crippen molar-refractivity contribution in [3.05, 3.63) is 70.8 Å². The van der Waals surface area contributed by atoms with Crippen LogP contribution < -0.4 is 0 Å². The second-order valence-electron chi connectivity index (χ2n) is 7.36. The van der Waals surface area contributed by atoms with Crippen molar-refractivity contribution in [1.29, 1.82) is 0 Å². The molecule has 6 heteroatoms. The van der Waals surface area contributed by atoms with Gasteiger partial charge in [-0.15, -0.1) is 0 Å². The Morgan fingerprint density at radius 3 is 2.29 bits per heavy atom. The summed E-state index contributed by atoms with van der Waals surface area (Å²) in [7, 11) is 1.71. The first-order valence-corrected chi connectivity index (χ1v) is 9.24. The molecule has 1 unspecified atom stereocenters. The molecule has 0 aromatic heterocycles. The summed E-state index contributed by atoms with van der Waals surface area (Å²) in [5, 5.41) is 8.96. The predicted molar refractivity (Wildman–Crippen MR) is 105 cm³/mol. The highest BCUT2D eigenvalue weighted by Crippen LogP contribution is 2.23. The summed E-state index contributed by atoms with van der Waals surface area (Å²) in [5.41, 5.74) is 3.29. The first kappa shape index (κ1) is 19.6. The Hall–Kier alpha value is -3.15. The molecule has 0 aliphatic carbocycles. The van der Waals surface area contributed by atoms with Crippen molar-refractivity contribution in [2.24, 2.45) is 5.92 Å². The Morgan fingerprint density at radius 1 is 1.07 bits per heavy atom. The second-order valence-corrected chi connectivity index (χ2v) is 7.36. The molecule has 0 radical (unpaired) electrons. The predicted octanol–water partition coefficient (Wildman–Crippen LogP) is 2.70. The Bertz CT molecular complexity index is 874. The van der Waals surface area contributed by atoms with Gasteiger partial charge in [-0.1, -0.05) is 42.0 Å². The van der Waals surface area contributed by atoms with E-state index in [-0.39, 0.29) is 29.7 Å². The monoisotopic (exact) mass is 380 g/mol. The fourth-order valence-corrected chi connectivity index (χ4v) is 3.42. The standard InChI is InChI=1S/C22H24N2O4/c1-15-3-5-17(6-4-15)13-24-14-19(11-20(24)25)21(26)23(2)12-16-7-9-18(10-8-16)22(27)28/h3-10,19H,11-14H2,1-2H3,(H,27,28). The number of carboxylic acid groups (broad SMARTS) is 1. The summed E-state index contributed by atoms with van der Waals surface area (Å²) < 4.78 is 0. The molecule has 28 heavy (non-hydrogen) atoms. The number of carboxylic acids is 1. The van der Waals surface area contributed by atoms with Crippen LogP contribution in [0.4, 0.5) is 0 Å². The van der Waals surface area contributed by atoms with Crippen LogP contribution in [-0.4, -0.2) is 46.3 Å². The summed E-state index contributed by atoms with van der Waals surface area (Å²) >= 11 is 0. The van der Waals surface area contributed by atoms with Gasteiger partial charge in [0, 0.05) is 33.1 Å². The Labute approximate surface area is 164 Å². The van der Waals surface area contributed by atoms with E-state index in [2.05, 4.69) is 0 Å². The van der Waals surface area contributed by atoms with E-state index >= 15 is 0 Å². The van der Waals surface area contributed by atoms with Crippen LogP contribution in [0.5, 0.6) is 0 Å². The van der Waals surface area contributed by atoms with Crippen LogP contribution in [0.15, 0.2) is 48.5 Å². The molecule has 1 aliphatic rings. The van der Waals surface area contributed by atoms with Gasteiger partial charge in [-0.25, -0.2) is 4.79 Å². The van der Waals surface area contributed by atoms with Crippen molar-refractivity contribution in [1.82, 2.24) is 9.80 Å². The average molecular weight is 380 g/mol. The van der Waals surface area contributed by atoms with Gasteiger partial charge in [-0.05, 0) is 30.2 Å². The minimum Gasteiger partial charge on any atom is -0.478 e. The molecule has 6 nitrogen and oxygen atoms in total. The number of hydrogen-bond donors (Lipinski definition) is 1. The van der Waals surface area contributed by atoms with E-state index in [4.69, 9.17) is 5.11 Å². The van der Waals surface area contributed by atoms with Crippen LogP contribution in [0.2, 0.25) is 0 Å². The number of amides is 2. The van der Waals surface area contributed by atoms with Gasteiger partial charge >= 0.3 is 5.97 Å². The third kappa shape index (κ3) is 4.57. The topological polar surface area (TPSA) is 77.9 Å². The summed E-state index contributed by atoms with van der Waals surface area (Å²) in [5.74, 6) is -1.39. The summed E-state index contributed by atoms with van der Waals surface area (Å²) in [6.07, 6.45) is 0.229. The van der Waals surface area contributed by atoms with Crippen LogP contribution in [0.25, 0.3) is 0 Å². The molecule has 0 spiro atoms. The van der Waals surface area contributed by atoms with E-state index in [1.54, 1.807) is 29.0 Å². The number of carbonyl (C=O) groups excluding carboxylic acids is 2. The van der Waals surface area contributed by atoms with Crippen molar-refractivity contribution in [3.63, 3.8) is 0 Å². The molecule has 0 bridgehead atoms. The zero-order chi connectivity index (χ0) is 20.3. The lowest BCUT2D eigenvalue weighted by Gasteiger charge is -2.22. The smallest absolute Gasteiger partial charge is 0.335 e. The van der Waals surface area contributed by atoms with Crippen molar-refractivity contribution in [2.45, 2.75) is 26.4 Å². The van der Waals surface area contributed by atoms with Crippen molar-refractivity contribution in [2.75, 3.05) is 13.6 Å². The Morgan fingerprint density at radius 2 is 1.68 bits per heavy atom. The van der Waals surface area contributed by atoms with Gasteiger partial charge in [0.25, 0.3) is 0 Å². The van der Waals surface area contributed by atoms with E-state index < -0.39 is 5.97 Å². The molecule has 1 fully saturated rings. The van der Waals surface area contributed by atoms with Gasteiger partial charge in [0.1, 0.15) is 0 Å². The maximum Gasteiger partial charge on any atom is 0.335 e. The number of carbonyl (C=O) groups is 3. The Kier molecular flexibility index (Phi) is 5.78. The van der Waals surface area contributed by atoms with Crippen LogP contribution >= 0.6 is 0 Å². The molecular formula is C22H24N2O4. The number of hydrogen-bond acceptors (Lipinski definition) is 3. The second kappa shape index (κ2) is 8.25. The highest BCUT2D eigenvalue weighted by Gasteiger charge is 2.35. The lowest BCUT2D eigenvalue weighted by molar-refractivity contribution is -0.135.